The fraction of sp³-hybridized carbons (Fsp3) is 0.500. The van der Waals surface area contributed by atoms with Crippen molar-refractivity contribution >= 4 is 27.6 Å². The van der Waals surface area contributed by atoms with Gasteiger partial charge in [0.2, 0.25) is 10.0 Å². The Hall–Kier alpha value is -1.15. The van der Waals surface area contributed by atoms with Crippen molar-refractivity contribution in [1.29, 1.82) is 0 Å². The molecule has 1 aliphatic heterocycles. The number of ether oxygens (including phenoxy) is 1. The van der Waals surface area contributed by atoms with Crippen LogP contribution in [0.5, 0.6) is 0 Å². The zero-order chi connectivity index (χ0) is 16.2. The van der Waals surface area contributed by atoms with Crippen molar-refractivity contribution in [3.05, 3.63) is 29.3 Å². The summed E-state index contributed by atoms with van der Waals surface area (Å²) in [6.45, 7) is 0.685. The first-order chi connectivity index (χ1) is 10.4. The molecule has 122 valence electrons. The minimum Gasteiger partial charge on any atom is -0.480 e. The highest BCUT2D eigenvalue weighted by Crippen LogP contribution is 2.24. The SMILES string of the molecule is O=C(O)COCC1CCCN(S(=O)(=O)c2ccc(Cl)cc2)C1. The summed E-state index contributed by atoms with van der Waals surface area (Å²) in [7, 11) is -3.55. The first kappa shape index (κ1) is 17.2. The standard InChI is InChI=1S/C14H18ClNO5S/c15-12-3-5-13(6-4-12)22(19,20)16-7-1-2-11(8-16)9-21-10-14(17)18/h3-6,11H,1-2,7-10H2,(H,17,18). The van der Waals surface area contributed by atoms with E-state index in [1.165, 1.54) is 16.4 Å². The van der Waals surface area contributed by atoms with Gasteiger partial charge >= 0.3 is 5.97 Å². The van der Waals surface area contributed by atoms with Gasteiger partial charge in [0, 0.05) is 18.1 Å². The number of carboxylic acids is 1. The maximum Gasteiger partial charge on any atom is 0.329 e. The fourth-order valence-electron chi connectivity index (χ4n) is 2.45. The second-order valence-corrected chi connectivity index (χ2v) is 7.61. The number of hydrogen-bond donors (Lipinski definition) is 1. The summed E-state index contributed by atoms with van der Waals surface area (Å²) >= 11 is 5.78. The molecule has 0 saturated carbocycles. The molecule has 22 heavy (non-hydrogen) atoms. The van der Waals surface area contributed by atoms with Crippen LogP contribution < -0.4 is 0 Å². The third-order valence-corrected chi connectivity index (χ3v) is 5.64. The van der Waals surface area contributed by atoms with Gasteiger partial charge in [0.15, 0.2) is 0 Å². The van der Waals surface area contributed by atoms with Crippen LogP contribution in [0.1, 0.15) is 12.8 Å². The molecule has 1 atom stereocenters. The molecule has 1 fully saturated rings. The topological polar surface area (TPSA) is 83.9 Å². The Balaban J connectivity index is 2.01. The summed E-state index contributed by atoms with van der Waals surface area (Å²) in [5, 5.41) is 9.04. The van der Waals surface area contributed by atoms with Crippen molar-refractivity contribution in [1.82, 2.24) is 4.31 Å². The average Bonchev–Trinajstić information content (AvgIpc) is 2.47. The van der Waals surface area contributed by atoms with Gasteiger partial charge < -0.3 is 9.84 Å². The molecule has 0 radical (unpaired) electrons. The third kappa shape index (κ3) is 4.42. The van der Waals surface area contributed by atoms with E-state index in [2.05, 4.69) is 0 Å². The Bertz CT molecular complexity index is 617. The quantitative estimate of drug-likeness (QED) is 0.848. The Kier molecular flexibility index (Phi) is 5.80. The van der Waals surface area contributed by atoms with Crippen LogP contribution in [0, 0.1) is 5.92 Å². The molecular weight excluding hydrogens is 330 g/mol. The molecule has 0 aromatic heterocycles. The van der Waals surface area contributed by atoms with Gasteiger partial charge in [0.25, 0.3) is 0 Å². The molecule has 0 amide bonds. The first-order valence-corrected chi connectivity index (χ1v) is 8.76. The van der Waals surface area contributed by atoms with E-state index in [4.69, 9.17) is 21.4 Å². The molecule has 8 heteroatoms. The smallest absolute Gasteiger partial charge is 0.329 e. The Morgan fingerprint density at radius 3 is 2.68 bits per heavy atom. The highest BCUT2D eigenvalue weighted by Gasteiger charge is 2.30. The molecule has 2 rings (SSSR count). The summed E-state index contributed by atoms with van der Waals surface area (Å²) in [6, 6.07) is 6.07. The number of piperidine rings is 1. The fourth-order valence-corrected chi connectivity index (χ4v) is 4.13. The largest absolute Gasteiger partial charge is 0.480 e. The lowest BCUT2D eigenvalue weighted by Gasteiger charge is -2.31. The molecule has 1 aromatic rings. The predicted octanol–water partition coefficient (Wildman–Crippen LogP) is 1.84. The van der Waals surface area contributed by atoms with E-state index in [0.29, 0.717) is 18.1 Å². The summed E-state index contributed by atoms with van der Waals surface area (Å²) in [5.74, 6) is -1.02. The number of hydrogen-bond acceptors (Lipinski definition) is 4. The molecule has 0 bridgehead atoms. The number of sulfonamides is 1. The maximum absolute atomic E-state index is 12.6. The van der Waals surface area contributed by atoms with Crippen molar-refractivity contribution in [2.24, 2.45) is 5.92 Å². The van der Waals surface area contributed by atoms with E-state index in [1.807, 2.05) is 0 Å². The van der Waals surface area contributed by atoms with Gasteiger partial charge in [-0.3, -0.25) is 0 Å². The third-order valence-electron chi connectivity index (χ3n) is 3.51. The number of rotatable bonds is 6. The van der Waals surface area contributed by atoms with Crippen LogP contribution in [0.2, 0.25) is 5.02 Å². The summed E-state index contributed by atoms with van der Waals surface area (Å²) < 4.78 is 31.7. The van der Waals surface area contributed by atoms with Crippen molar-refractivity contribution in [2.45, 2.75) is 17.7 Å². The average molecular weight is 348 g/mol. The number of halogens is 1. The van der Waals surface area contributed by atoms with E-state index in [0.717, 1.165) is 12.8 Å². The monoisotopic (exact) mass is 347 g/mol. The van der Waals surface area contributed by atoms with Crippen LogP contribution in [-0.2, 0) is 19.6 Å². The molecule has 1 unspecified atom stereocenters. The lowest BCUT2D eigenvalue weighted by atomic mass is 10.0. The molecule has 1 aliphatic rings. The zero-order valence-corrected chi connectivity index (χ0v) is 13.5. The second-order valence-electron chi connectivity index (χ2n) is 5.23. The summed E-state index contributed by atoms with van der Waals surface area (Å²) in [4.78, 5) is 10.6. The van der Waals surface area contributed by atoms with Crippen molar-refractivity contribution in [3.8, 4) is 0 Å². The number of carbonyl (C=O) groups is 1. The second kappa shape index (κ2) is 7.41. The van der Waals surface area contributed by atoms with Crippen molar-refractivity contribution in [3.63, 3.8) is 0 Å². The number of nitrogens with zero attached hydrogens (tertiary/aromatic N) is 1. The van der Waals surface area contributed by atoms with Gasteiger partial charge in [-0.15, -0.1) is 0 Å². The van der Waals surface area contributed by atoms with E-state index in [9.17, 15) is 13.2 Å². The lowest BCUT2D eigenvalue weighted by Crippen LogP contribution is -2.41. The molecular formula is C14H18ClNO5S. The van der Waals surface area contributed by atoms with E-state index >= 15 is 0 Å². The van der Waals surface area contributed by atoms with Crippen LogP contribution >= 0.6 is 11.6 Å². The first-order valence-electron chi connectivity index (χ1n) is 6.95. The van der Waals surface area contributed by atoms with Crippen molar-refractivity contribution in [2.75, 3.05) is 26.3 Å². The molecule has 1 N–H and O–H groups in total. The van der Waals surface area contributed by atoms with Crippen LogP contribution in [0.25, 0.3) is 0 Å². The Morgan fingerprint density at radius 2 is 2.05 bits per heavy atom. The van der Waals surface area contributed by atoms with Crippen LogP contribution in [0.15, 0.2) is 29.2 Å². The summed E-state index contributed by atoms with van der Waals surface area (Å²) in [6.07, 6.45) is 1.56. The normalized spacial score (nSPS) is 20.0. The van der Waals surface area contributed by atoms with Crippen molar-refractivity contribution < 1.29 is 23.1 Å². The minimum atomic E-state index is -3.55. The van der Waals surface area contributed by atoms with Gasteiger partial charge in [0.1, 0.15) is 6.61 Å². The molecule has 1 saturated heterocycles. The van der Waals surface area contributed by atoms with E-state index in [-0.39, 0.29) is 24.0 Å². The Labute approximate surface area is 134 Å². The van der Waals surface area contributed by atoms with Crippen LogP contribution in [-0.4, -0.2) is 50.1 Å². The molecule has 6 nitrogen and oxygen atoms in total. The van der Waals surface area contributed by atoms with Gasteiger partial charge in [-0.05, 0) is 43.0 Å². The Morgan fingerprint density at radius 1 is 1.36 bits per heavy atom. The van der Waals surface area contributed by atoms with Crippen LogP contribution in [0.3, 0.4) is 0 Å². The lowest BCUT2D eigenvalue weighted by molar-refractivity contribution is -0.142. The maximum atomic E-state index is 12.6. The van der Waals surface area contributed by atoms with Gasteiger partial charge in [0.05, 0.1) is 11.5 Å². The van der Waals surface area contributed by atoms with Gasteiger partial charge in [-0.25, -0.2) is 13.2 Å². The highest BCUT2D eigenvalue weighted by molar-refractivity contribution is 7.89. The van der Waals surface area contributed by atoms with E-state index in [1.54, 1.807) is 12.1 Å². The van der Waals surface area contributed by atoms with Gasteiger partial charge in [-0.2, -0.15) is 4.31 Å². The molecule has 0 aliphatic carbocycles. The van der Waals surface area contributed by atoms with Crippen LogP contribution in [0.4, 0.5) is 0 Å². The van der Waals surface area contributed by atoms with E-state index < -0.39 is 16.0 Å². The molecule has 1 aromatic carbocycles. The van der Waals surface area contributed by atoms with Gasteiger partial charge in [-0.1, -0.05) is 11.6 Å². The molecule has 1 heterocycles. The molecule has 0 spiro atoms. The number of benzene rings is 1. The highest BCUT2D eigenvalue weighted by atomic mass is 35.5. The predicted molar refractivity (Wildman–Crippen MR) is 81.4 cm³/mol. The minimum absolute atomic E-state index is 0.00942. The summed E-state index contributed by atoms with van der Waals surface area (Å²) in [5.41, 5.74) is 0. The zero-order valence-electron chi connectivity index (χ0n) is 11.9. The number of aliphatic carboxylic acids is 1. The number of carboxylic acid groups (broad SMARTS) is 1.